The van der Waals surface area contributed by atoms with Gasteiger partial charge in [-0.1, -0.05) is 0 Å². The largest absolute Gasteiger partial charge is 0.357 e. The van der Waals surface area contributed by atoms with Gasteiger partial charge in [-0.15, -0.1) is 24.0 Å². The van der Waals surface area contributed by atoms with Crippen LogP contribution in [0.2, 0.25) is 0 Å². The summed E-state index contributed by atoms with van der Waals surface area (Å²) in [6, 6.07) is 1.18. The fraction of sp³-hybridized carbons (Fsp3) is 0.789. The molecule has 0 bridgehead atoms. The van der Waals surface area contributed by atoms with Gasteiger partial charge in [0.15, 0.2) is 5.96 Å². The van der Waals surface area contributed by atoms with Crippen LogP contribution in [0.3, 0.4) is 0 Å². The molecular weight excluding hydrogens is 439 g/mol. The van der Waals surface area contributed by atoms with E-state index in [-0.39, 0.29) is 24.0 Å². The molecule has 0 radical (unpaired) electrons. The molecule has 1 aromatic heterocycles. The minimum atomic E-state index is 0. The molecule has 0 saturated heterocycles. The lowest BCUT2D eigenvalue weighted by Crippen LogP contribution is -2.41. The second-order valence-electron chi connectivity index (χ2n) is 7.09. The predicted molar refractivity (Wildman–Crippen MR) is 123 cm³/mol. The third-order valence-corrected chi connectivity index (χ3v) is 4.21. The Hall–Kier alpha value is -0.830. The van der Waals surface area contributed by atoms with Gasteiger partial charge >= 0.3 is 0 Å². The van der Waals surface area contributed by atoms with Crippen molar-refractivity contribution in [3.05, 3.63) is 18.0 Å². The highest BCUT2D eigenvalue weighted by molar-refractivity contribution is 14.0. The summed E-state index contributed by atoms with van der Waals surface area (Å²) >= 11 is 0. The minimum Gasteiger partial charge on any atom is -0.357 e. The van der Waals surface area contributed by atoms with E-state index in [0.717, 1.165) is 51.4 Å². The molecule has 1 aromatic rings. The van der Waals surface area contributed by atoms with Crippen molar-refractivity contribution in [2.75, 3.05) is 26.2 Å². The van der Waals surface area contributed by atoms with Crippen molar-refractivity contribution in [3.63, 3.8) is 0 Å². The number of nitrogens with zero attached hydrogens (tertiary/aromatic N) is 4. The molecular formula is C19H39IN6. The highest BCUT2D eigenvalue weighted by atomic mass is 127. The molecule has 1 rings (SSSR count). The number of rotatable bonds is 11. The zero-order valence-corrected chi connectivity index (χ0v) is 19.8. The minimum absolute atomic E-state index is 0. The van der Waals surface area contributed by atoms with E-state index in [1.54, 1.807) is 0 Å². The molecule has 1 heterocycles. The Morgan fingerprint density at radius 2 is 1.88 bits per heavy atom. The highest BCUT2D eigenvalue weighted by Gasteiger charge is 2.12. The number of hydrogen-bond acceptors (Lipinski definition) is 3. The first-order valence-electron chi connectivity index (χ1n) is 9.69. The van der Waals surface area contributed by atoms with Gasteiger partial charge in [-0.05, 0) is 59.4 Å². The van der Waals surface area contributed by atoms with E-state index in [9.17, 15) is 0 Å². The van der Waals surface area contributed by atoms with Gasteiger partial charge in [0.05, 0.1) is 6.20 Å². The maximum atomic E-state index is 4.68. The number of aromatic nitrogens is 2. The Kier molecular flexibility index (Phi) is 13.8. The molecule has 0 aliphatic rings. The van der Waals surface area contributed by atoms with Crippen LogP contribution in [-0.2, 0) is 13.5 Å². The van der Waals surface area contributed by atoms with E-state index >= 15 is 0 Å². The summed E-state index contributed by atoms with van der Waals surface area (Å²) in [4.78, 5) is 7.20. The van der Waals surface area contributed by atoms with Gasteiger partial charge in [-0.2, -0.15) is 5.10 Å². The second kappa shape index (κ2) is 14.3. The molecule has 0 saturated carbocycles. The van der Waals surface area contributed by atoms with Crippen molar-refractivity contribution < 1.29 is 0 Å². The topological polar surface area (TPSA) is 57.5 Å². The first kappa shape index (κ1) is 25.2. The lowest BCUT2D eigenvalue weighted by atomic mass is 10.2. The lowest BCUT2D eigenvalue weighted by Gasteiger charge is -2.30. The van der Waals surface area contributed by atoms with E-state index < -0.39 is 0 Å². The number of halogens is 1. The van der Waals surface area contributed by atoms with Crippen molar-refractivity contribution in [1.29, 1.82) is 0 Å². The Labute approximate surface area is 177 Å². The van der Waals surface area contributed by atoms with Crippen molar-refractivity contribution in [1.82, 2.24) is 25.3 Å². The van der Waals surface area contributed by atoms with Crippen LogP contribution in [0.25, 0.3) is 0 Å². The molecule has 0 aliphatic heterocycles. The summed E-state index contributed by atoms with van der Waals surface area (Å²) in [5.74, 6) is 0.925. The number of aliphatic imine (C=N–C) groups is 1. The fourth-order valence-corrected chi connectivity index (χ4v) is 3.00. The monoisotopic (exact) mass is 478 g/mol. The molecule has 0 fully saturated rings. The molecule has 26 heavy (non-hydrogen) atoms. The zero-order valence-electron chi connectivity index (χ0n) is 17.5. The maximum Gasteiger partial charge on any atom is 0.191 e. The number of nitrogens with one attached hydrogen (secondary N) is 2. The standard InChI is InChI=1S/C19H38N6.HI/c1-7-20-19(21-11-8-10-18-14-23-24(6)15-18)22-12-9-13-25(16(2)3)17(4)5;/h14-17H,7-13H2,1-6H3,(H2,20,21,22);1H. The third-order valence-electron chi connectivity index (χ3n) is 4.21. The molecule has 7 heteroatoms. The molecule has 152 valence electrons. The summed E-state index contributed by atoms with van der Waals surface area (Å²) in [7, 11) is 1.95. The predicted octanol–water partition coefficient (Wildman–Crippen LogP) is 3.03. The molecule has 0 amide bonds. The average Bonchev–Trinajstić information content (AvgIpc) is 2.95. The zero-order chi connectivity index (χ0) is 18.7. The van der Waals surface area contributed by atoms with Crippen molar-refractivity contribution in [3.8, 4) is 0 Å². The van der Waals surface area contributed by atoms with Crippen LogP contribution < -0.4 is 10.6 Å². The normalized spacial score (nSPS) is 12.0. The first-order valence-corrected chi connectivity index (χ1v) is 9.69. The SMILES string of the molecule is CCNC(=NCCCc1cnn(C)c1)NCCCN(C(C)C)C(C)C.I. The van der Waals surface area contributed by atoms with E-state index in [1.807, 2.05) is 17.9 Å². The van der Waals surface area contributed by atoms with Gasteiger partial charge in [-0.3, -0.25) is 14.6 Å². The molecule has 0 unspecified atom stereocenters. The van der Waals surface area contributed by atoms with Gasteiger partial charge in [0, 0.05) is 51.5 Å². The molecule has 0 spiro atoms. The Bertz CT molecular complexity index is 490. The van der Waals surface area contributed by atoms with Gasteiger partial charge in [0.25, 0.3) is 0 Å². The summed E-state index contributed by atoms with van der Waals surface area (Å²) in [6.45, 7) is 14.9. The van der Waals surface area contributed by atoms with Crippen LogP contribution in [0.5, 0.6) is 0 Å². The summed E-state index contributed by atoms with van der Waals surface area (Å²) in [5, 5.41) is 11.0. The Balaban J connectivity index is 0.00000625. The van der Waals surface area contributed by atoms with Crippen molar-refractivity contribution in [2.24, 2.45) is 12.0 Å². The fourth-order valence-electron chi connectivity index (χ4n) is 3.00. The van der Waals surface area contributed by atoms with E-state index in [4.69, 9.17) is 0 Å². The van der Waals surface area contributed by atoms with Crippen molar-refractivity contribution >= 4 is 29.9 Å². The van der Waals surface area contributed by atoms with E-state index in [2.05, 4.69) is 66.4 Å². The van der Waals surface area contributed by atoms with E-state index in [1.165, 1.54) is 5.56 Å². The van der Waals surface area contributed by atoms with Crippen LogP contribution in [0.1, 0.15) is 53.0 Å². The quantitative estimate of drug-likeness (QED) is 0.222. The summed E-state index contributed by atoms with van der Waals surface area (Å²) < 4.78 is 1.85. The van der Waals surface area contributed by atoms with Gasteiger partial charge < -0.3 is 10.6 Å². The number of hydrogen-bond donors (Lipinski definition) is 2. The second-order valence-corrected chi connectivity index (χ2v) is 7.09. The third kappa shape index (κ3) is 10.4. The van der Waals surface area contributed by atoms with Gasteiger partial charge in [0.2, 0.25) is 0 Å². The molecule has 0 aromatic carbocycles. The van der Waals surface area contributed by atoms with Crippen LogP contribution in [-0.4, -0.2) is 58.9 Å². The van der Waals surface area contributed by atoms with Crippen molar-refractivity contribution in [2.45, 2.75) is 66.0 Å². The van der Waals surface area contributed by atoms with Crippen LogP contribution >= 0.6 is 24.0 Å². The maximum absolute atomic E-state index is 4.68. The van der Waals surface area contributed by atoms with Gasteiger partial charge in [-0.25, -0.2) is 0 Å². The number of guanidine groups is 1. The Morgan fingerprint density at radius 3 is 2.42 bits per heavy atom. The Morgan fingerprint density at radius 1 is 1.19 bits per heavy atom. The van der Waals surface area contributed by atoms with Crippen LogP contribution in [0.15, 0.2) is 17.4 Å². The number of aryl methyl sites for hydroxylation is 2. The van der Waals surface area contributed by atoms with E-state index in [0.29, 0.717) is 12.1 Å². The molecule has 0 aliphatic carbocycles. The average molecular weight is 478 g/mol. The molecule has 2 N–H and O–H groups in total. The van der Waals surface area contributed by atoms with Gasteiger partial charge in [0.1, 0.15) is 0 Å². The first-order chi connectivity index (χ1) is 11.9. The highest BCUT2D eigenvalue weighted by Crippen LogP contribution is 2.05. The van der Waals surface area contributed by atoms with Crippen LogP contribution in [0.4, 0.5) is 0 Å². The summed E-state index contributed by atoms with van der Waals surface area (Å²) in [5.41, 5.74) is 1.28. The molecule has 6 nitrogen and oxygen atoms in total. The smallest absolute Gasteiger partial charge is 0.191 e. The van der Waals surface area contributed by atoms with Crippen LogP contribution in [0, 0.1) is 0 Å². The molecule has 0 atom stereocenters. The lowest BCUT2D eigenvalue weighted by molar-refractivity contribution is 0.173. The summed E-state index contributed by atoms with van der Waals surface area (Å²) in [6.07, 6.45) is 7.19.